The van der Waals surface area contributed by atoms with Crippen LogP contribution >= 0.6 is 0 Å². The lowest BCUT2D eigenvalue weighted by molar-refractivity contribution is -0.116. The third kappa shape index (κ3) is 3.41. The van der Waals surface area contributed by atoms with E-state index in [9.17, 15) is 9.59 Å². The molecular formula is C22H22N4O2. The molecule has 0 aliphatic carbocycles. The molecule has 0 spiro atoms. The van der Waals surface area contributed by atoms with E-state index in [1.54, 1.807) is 12.1 Å². The summed E-state index contributed by atoms with van der Waals surface area (Å²) in [6.45, 7) is 4.50. The zero-order valence-electron chi connectivity index (χ0n) is 16.0. The van der Waals surface area contributed by atoms with Gasteiger partial charge in [-0.15, -0.1) is 0 Å². The van der Waals surface area contributed by atoms with Crippen LogP contribution in [0.25, 0.3) is 0 Å². The molecule has 1 aliphatic rings. The molecule has 2 aromatic carbocycles. The molecule has 0 atom stereocenters. The first-order chi connectivity index (χ1) is 13.5. The van der Waals surface area contributed by atoms with Crippen LogP contribution in [-0.2, 0) is 17.8 Å². The van der Waals surface area contributed by atoms with Gasteiger partial charge in [-0.2, -0.15) is 5.10 Å². The van der Waals surface area contributed by atoms with Crippen molar-refractivity contribution in [1.82, 2.24) is 9.78 Å². The van der Waals surface area contributed by atoms with Gasteiger partial charge in [0.15, 0.2) is 0 Å². The van der Waals surface area contributed by atoms with E-state index < -0.39 is 0 Å². The van der Waals surface area contributed by atoms with Crippen molar-refractivity contribution in [2.24, 2.45) is 0 Å². The summed E-state index contributed by atoms with van der Waals surface area (Å²) in [7, 11) is 0. The second-order valence-corrected chi connectivity index (χ2v) is 7.02. The van der Waals surface area contributed by atoms with Crippen LogP contribution in [0.5, 0.6) is 0 Å². The number of rotatable bonds is 4. The average Bonchev–Trinajstić information content (AvgIpc) is 2.95. The van der Waals surface area contributed by atoms with E-state index in [4.69, 9.17) is 0 Å². The van der Waals surface area contributed by atoms with Crippen molar-refractivity contribution in [3.8, 4) is 0 Å². The van der Waals surface area contributed by atoms with Gasteiger partial charge in [0.05, 0.1) is 23.6 Å². The molecular weight excluding hydrogens is 352 g/mol. The molecule has 4 rings (SSSR count). The quantitative estimate of drug-likeness (QED) is 0.731. The number of carbonyl (C=O) groups excluding carboxylic acids is 2. The van der Waals surface area contributed by atoms with Crippen molar-refractivity contribution in [3.63, 3.8) is 0 Å². The zero-order chi connectivity index (χ0) is 19.7. The Hall–Kier alpha value is -3.41. The third-order valence-corrected chi connectivity index (χ3v) is 5.09. The Kier molecular flexibility index (Phi) is 4.69. The van der Waals surface area contributed by atoms with Crippen LogP contribution in [0.3, 0.4) is 0 Å². The van der Waals surface area contributed by atoms with Gasteiger partial charge in [-0.05, 0) is 43.5 Å². The number of benzene rings is 2. The molecule has 0 saturated heterocycles. The molecule has 0 radical (unpaired) electrons. The normalized spacial score (nSPS) is 13.0. The number of nitrogens with one attached hydrogen (secondary N) is 2. The van der Waals surface area contributed by atoms with Gasteiger partial charge in [-0.3, -0.25) is 14.3 Å². The van der Waals surface area contributed by atoms with Gasteiger partial charge in [0.2, 0.25) is 5.91 Å². The number of aryl methyl sites for hydroxylation is 1. The number of anilines is 2. The lowest BCUT2D eigenvalue weighted by Gasteiger charge is -2.19. The van der Waals surface area contributed by atoms with Crippen LogP contribution in [0.15, 0.2) is 48.5 Å². The highest BCUT2D eigenvalue weighted by atomic mass is 16.2. The fraction of sp³-hybridized carbons (Fsp3) is 0.227. The van der Waals surface area contributed by atoms with Crippen LogP contribution in [0.1, 0.15) is 39.3 Å². The minimum atomic E-state index is -0.182. The molecule has 28 heavy (non-hydrogen) atoms. The number of hydrogen-bond acceptors (Lipinski definition) is 3. The fourth-order valence-electron chi connectivity index (χ4n) is 3.61. The fourth-order valence-corrected chi connectivity index (χ4v) is 3.61. The Morgan fingerprint density at radius 3 is 2.68 bits per heavy atom. The second-order valence-electron chi connectivity index (χ2n) is 7.02. The van der Waals surface area contributed by atoms with Crippen LogP contribution in [0.4, 0.5) is 11.4 Å². The van der Waals surface area contributed by atoms with E-state index in [1.165, 1.54) is 0 Å². The van der Waals surface area contributed by atoms with E-state index in [0.29, 0.717) is 24.9 Å². The largest absolute Gasteiger partial charge is 0.326 e. The van der Waals surface area contributed by atoms with Crippen molar-refractivity contribution < 1.29 is 9.59 Å². The lowest BCUT2D eigenvalue weighted by atomic mass is 9.96. The van der Waals surface area contributed by atoms with Crippen molar-refractivity contribution in [2.75, 3.05) is 10.6 Å². The zero-order valence-corrected chi connectivity index (χ0v) is 16.0. The van der Waals surface area contributed by atoms with Gasteiger partial charge < -0.3 is 10.6 Å². The van der Waals surface area contributed by atoms with Crippen molar-refractivity contribution in [3.05, 3.63) is 76.6 Å². The Bertz CT molecular complexity index is 1050. The number of nitrogens with zero attached hydrogens (tertiary/aromatic N) is 2. The predicted octanol–water partition coefficient (Wildman–Crippen LogP) is 3.69. The molecule has 0 unspecified atom stereocenters. The van der Waals surface area contributed by atoms with Crippen LogP contribution in [0.2, 0.25) is 0 Å². The number of carbonyl (C=O) groups is 2. The van der Waals surface area contributed by atoms with E-state index in [2.05, 4.69) is 27.9 Å². The summed E-state index contributed by atoms with van der Waals surface area (Å²) in [5.74, 6) is -0.197. The minimum absolute atomic E-state index is 0.0149. The van der Waals surface area contributed by atoms with Gasteiger partial charge in [0, 0.05) is 17.7 Å². The highest BCUT2D eigenvalue weighted by Gasteiger charge is 2.22. The molecule has 0 bridgehead atoms. The van der Waals surface area contributed by atoms with Gasteiger partial charge in [-0.25, -0.2) is 0 Å². The highest BCUT2D eigenvalue weighted by Crippen LogP contribution is 2.28. The summed E-state index contributed by atoms with van der Waals surface area (Å²) >= 11 is 0. The summed E-state index contributed by atoms with van der Waals surface area (Å²) in [6, 6.07) is 15.5. The first kappa shape index (κ1) is 18.0. The van der Waals surface area contributed by atoms with E-state index >= 15 is 0 Å². The summed E-state index contributed by atoms with van der Waals surface area (Å²) < 4.78 is 1.90. The van der Waals surface area contributed by atoms with E-state index in [1.807, 2.05) is 42.8 Å². The molecule has 142 valence electrons. The maximum Gasteiger partial charge on any atom is 0.256 e. The van der Waals surface area contributed by atoms with Crippen molar-refractivity contribution in [2.45, 2.75) is 33.2 Å². The van der Waals surface area contributed by atoms with Crippen LogP contribution in [-0.4, -0.2) is 21.6 Å². The molecule has 1 aliphatic heterocycles. The molecule has 0 saturated carbocycles. The number of aromatic nitrogens is 2. The van der Waals surface area contributed by atoms with E-state index in [0.717, 1.165) is 33.9 Å². The number of hydrogen-bond donors (Lipinski definition) is 2. The maximum atomic E-state index is 13.0. The topological polar surface area (TPSA) is 76.0 Å². The molecule has 6 nitrogen and oxygen atoms in total. The van der Waals surface area contributed by atoms with Crippen LogP contribution in [0, 0.1) is 13.8 Å². The standard InChI is InChI=1S/C22H22N4O2/c1-14-21(15(2)26(25-14)13-16-7-4-3-5-8-16)24-22(28)18-9-6-10-19-17(18)11-12-20(27)23-19/h3-10H,11-13H2,1-2H3,(H,23,27)(H,24,28). The second kappa shape index (κ2) is 7.31. The van der Waals surface area contributed by atoms with Gasteiger partial charge in [0.25, 0.3) is 5.91 Å². The summed E-state index contributed by atoms with van der Waals surface area (Å²) in [5, 5.41) is 10.5. The SMILES string of the molecule is Cc1nn(Cc2ccccc2)c(C)c1NC(=O)c1cccc2c1CCC(=O)N2. The lowest BCUT2D eigenvalue weighted by Crippen LogP contribution is -2.23. The molecule has 2 heterocycles. The first-order valence-corrected chi connectivity index (χ1v) is 9.34. The highest BCUT2D eigenvalue weighted by molar-refractivity contribution is 6.08. The van der Waals surface area contributed by atoms with Gasteiger partial charge >= 0.3 is 0 Å². The van der Waals surface area contributed by atoms with Crippen molar-refractivity contribution in [1.29, 1.82) is 0 Å². The third-order valence-electron chi connectivity index (χ3n) is 5.09. The molecule has 2 N–H and O–H groups in total. The molecule has 3 aromatic rings. The Morgan fingerprint density at radius 1 is 1.11 bits per heavy atom. The van der Waals surface area contributed by atoms with Crippen LogP contribution < -0.4 is 10.6 Å². The Balaban J connectivity index is 1.59. The van der Waals surface area contributed by atoms with Crippen molar-refractivity contribution >= 4 is 23.2 Å². The monoisotopic (exact) mass is 374 g/mol. The summed E-state index contributed by atoms with van der Waals surface area (Å²) in [5.41, 5.74) is 5.76. The Labute approximate surface area is 163 Å². The number of amides is 2. The summed E-state index contributed by atoms with van der Waals surface area (Å²) in [4.78, 5) is 24.6. The first-order valence-electron chi connectivity index (χ1n) is 9.34. The van der Waals surface area contributed by atoms with Gasteiger partial charge in [-0.1, -0.05) is 36.4 Å². The molecule has 6 heteroatoms. The molecule has 0 fully saturated rings. The maximum absolute atomic E-state index is 13.0. The predicted molar refractivity (Wildman–Crippen MR) is 109 cm³/mol. The minimum Gasteiger partial charge on any atom is -0.326 e. The smallest absolute Gasteiger partial charge is 0.256 e. The molecule has 2 amide bonds. The van der Waals surface area contributed by atoms with E-state index in [-0.39, 0.29) is 11.8 Å². The number of fused-ring (bicyclic) bond motifs is 1. The van der Waals surface area contributed by atoms with Gasteiger partial charge in [0.1, 0.15) is 0 Å². The Morgan fingerprint density at radius 2 is 1.89 bits per heavy atom. The summed E-state index contributed by atoms with van der Waals surface area (Å²) in [6.07, 6.45) is 0.959. The molecule has 1 aromatic heterocycles. The average molecular weight is 374 g/mol.